The summed E-state index contributed by atoms with van der Waals surface area (Å²) < 4.78 is 19.3. The summed E-state index contributed by atoms with van der Waals surface area (Å²) in [6, 6.07) is 6.20. The number of hydrogen-bond acceptors (Lipinski definition) is 6. The van der Waals surface area contributed by atoms with Crippen LogP contribution in [0.25, 0.3) is 0 Å². The lowest BCUT2D eigenvalue weighted by atomic mass is 10.0. The number of anilines is 1. The second-order valence-electron chi connectivity index (χ2n) is 8.20. The van der Waals surface area contributed by atoms with E-state index in [2.05, 4.69) is 0 Å². The van der Waals surface area contributed by atoms with Gasteiger partial charge in [0.25, 0.3) is 5.91 Å². The Bertz CT molecular complexity index is 946. The van der Waals surface area contributed by atoms with Crippen molar-refractivity contribution in [3.63, 3.8) is 0 Å². The zero-order valence-electron chi connectivity index (χ0n) is 18.5. The molecule has 3 heterocycles. The zero-order chi connectivity index (χ0) is 23.0. The average molecular weight is 445 g/mol. The predicted octanol–water partition coefficient (Wildman–Crippen LogP) is 0.786. The number of nitrogens with zero attached hydrogens (tertiary/aromatic N) is 5. The highest BCUT2D eigenvalue weighted by Crippen LogP contribution is 2.35. The van der Waals surface area contributed by atoms with E-state index in [-0.39, 0.29) is 17.6 Å². The average Bonchev–Trinajstić information content (AvgIpc) is 3.19. The van der Waals surface area contributed by atoms with Gasteiger partial charge in [-0.2, -0.15) is 0 Å². The number of para-hydroxylation sites is 1. The molecule has 0 N–H and O–H groups in total. The predicted molar refractivity (Wildman–Crippen MR) is 115 cm³/mol. The van der Waals surface area contributed by atoms with Gasteiger partial charge >= 0.3 is 6.03 Å². The second-order valence-corrected chi connectivity index (χ2v) is 8.20. The maximum absolute atomic E-state index is 14.1. The van der Waals surface area contributed by atoms with Gasteiger partial charge in [0.1, 0.15) is 17.7 Å². The first-order valence-electron chi connectivity index (χ1n) is 10.7. The molecule has 3 aliphatic heterocycles. The maximum Gasteiger partial charge on any atom is 0.327 e. The lowest BCUT2D eigenvalue weighted by Gasteiger charge is -2.43. The number of methoxy groups -OCH3 is 1. The number of halogens is 1. The van der Waals surface area contributed by atoms with E-state index in [9.17, 15) is 18.8 Å². The molecule has 2 atom stereocenters. The molecule has 1 aromatic carbocycles. The number of rotatable bonds is 5. The highest BCUT2D eigenvalue weighted by atomic mass is 19.1. The van der Waals surface area contributed by atoms with Crippen molar-refractivity contribution >= 4 is 23.5 Å². The van der Waals surface area contributed by atoms with Gasteiger partial charge in [-0.15, -0.1) is 0 Å². The molecule has 0 bridgehead atoms. The van der Waals surface area contributed by atoms with Crippen LogP contribution >= 0.6 is 0 Å². The third kappa shape index (κ3) is 3.68. The van der Waals surface area contributed by atoms with Gasteiger partial charge in [-0.3, -0.25) is 14.5 Å². The van der Waals surface area contributed by atoms with Crippen molar-refractivity contribution in [2.24, 2.45) is 5.92 Å². The number of imide groups is 1. The Balaban J connectivity index is 1.52. The first-order chi connectivity index (χ1) is 15.3. The molecule has 0 aliphatic carbocycles. The third-order valence-electron chi connectivity index (χ3n) is 6.40. The van der Waals surface area contributed by atoms with Crippen molar-refractivity contribution in [2.75, 3.05) is 65.4 Å². The Hall–Kier alpha value is -3.14. The quantitative estimate of drug-likeness (QED) is 0.667. The minimum atomic E-state index is -0.613. The van der Waals surface area contributed by atoms with Gasteiger partial charge in [0.15, 0.2) is 0 Å². The van der Waals surface area contributed by atoms with Crippen LogP contribution in [-0.2, 0) is 14.3 Å². The molecule has 0 saturated carbocycles. The van der Waals surface area contributed by atoms with E-state index in [1.165, 1.54) is 18.0 Å². The van der Waals surface area contributed by atoms with E-state index in [0.29, 0.717) is 50.7 Å². The van der Waals surface area contributed by atoms with E-state index in [0.717, 1.165) is 4.90 Å². The lowest BCUT2D eigenvalue weighted by Crippen LogP contribution is -2.62. The van der Waals surface area contributed by atoms with Gasteiger partial charge in [0, 0.05) is 53.9 Å². The monoisotopic (exact) mass is 445 g/mol. The molecule has 4 rings (SSSR count). The van der Waals surface area contributed by atoms with Gasteiger partial charge in [-0.05, 0) is 18.2 Å². The Kier molecular flexibility index (Phi) is 6.05. The third-order valence-corrected chi connectivity index (χ3v) is 6.40. The number of piperazine rings is 1. The summed E-state index contributed by atoms with van der Waals surface area (Å²) >= 11 is 0. The molecular weight excluding hydrogens is 417 g/mol. The molecule has 172 valence electrons. The Morgan fingerprint density at radius 1 is 1.12 bits per heavy atom. The molecule has 10 heteroatoms. The van der Waals surface area contributed by atoms with Crippen LogP contribution in [0.15, 0.2) is 36.0 Å². The Morgan fingerprint density at radius 2 is 1.81 bits per heavy atom. The molecule has 0 spiro atoms. The van der Waals surface area contributed by atoms with Gasteiger partial charge in [-0.1, -0.05) is 12.1 Å². The SMILES string of the molecule is COCCN1C(C(=O)N2CCN(c3ccccc3F)CC2)=CC2C(=O)N(C)C(=O)N(C)C21. The molecule has 0 radical (unpaired) electrons. The van der Waals surface area contributed by atoms with Gasteiger partial charge in [-0.25, -0.2) is 9.18 Å². The van der Waals surface area contributed by atoms with Crippen molar-refractivity contribution < 1.29 is 23.5 Å². The fourth-order valence-electron chi connectivity index (χ4n) is 4.66. The molecule has 32 heavy (non-hydrogen) atoms. The van der Waals surface area contributed by atoms with Crippen LogP contribution in [0, 0.1) is 11.7 Å². The molecule has 0 aromatic heterocycles. The first kappa shape index (κ1) is 22.1. The largest absolute Gasteiger partial charge is 0.383 e. The molecular formula is C22H28FN5O4. The number of benzene rings is 1. The van der Waals surface area contributed by atoms with E-state index in [1.54, 1.807) is 48.2 Å². The zero-order valence-corrected chi connectivity index (χ0v) is 18.5. The van der Waals surface area contributed by atoms with Gasteiger partial charge in [0.05, 0.1) is 18.2 Å². The minimum Gasteiger partial charge on any atom is -0.383 e. The van der Waals surface area contributed by atoms with Crippen LogP contribution in [-0.4, -0.2) is 104 Å². The number of hydrogen-bond donors (Lipinski definition) is 0. The summed E-state index contributed by atoms with van der Waals surface area (Å²) in [6.45, 7) is 2.59. The van der Waals surface area contributed by atoms with Crippen molar-refractivity contribution in [1.82, 2.24) is 19.6 Å². The first-order valence-corrected chi connectivity index (χ1v) is 10.7. The smallest absolute Gasteiger partial charge is 0.327 e. The number of urea groups is 1. The van der Waals surface area contributed by atoms with Gasteiger partial charge in [0.2, 0.25) is 5.91 Å². The highest BCUT2D eigenvalue weighted by molar-refractivity contribution is 6.02. The van der Waals surface area contributed by atoms with E-state index >= 15 is 0 Å². The summed E-state index contributed by atoms with van der Waals surface area (Å²) in [5.41, 5.74) is 0.931. The topological polar surface area (TPSA) is 76.6 Å². The number of fused-ring (bicyclic) bond motifs is 1. The molecule has 9 nitrogen and oxygen atoms in total. The molecule has 2 saturated heterocycles. The highest BCUT2D eigenvalue weighted by Gasteiger charge is 2.50. The standard InChI is InChI=1S/C22H28FN5O4/c1-24-19-15(20(29)25(2)22(24)31)14-18(28(19)12-13-32-3)21(30)27-10-8-26(9-11-27)17-7-5-4-6-16(17)23/h4-7,14-15,19H,8-13H2,1-3H3. The number of carbonyl (C=O) groups is 3. The van der Waals surface area contributed by atoms with Crippen LogP contribution < -0.4 is 4.90 Å². The van der Waals surface area contributed by atoms with Crippen LogP contribution in [0.3, 0.4) is 0 Å². The molecule has 1 aromatic rings. The molecule has 2 fully saturated rings. The normalized spacial score (nSPS) is 23.6. The fraction of sp³-hybridized carbons (Fsp3) is 0.500. The number of carbonyl (C=O) groups excluding carboxylic acids is 3. The summed E-state index contributed by atoms with van der Waals surface area (Å²) in [6.07, 6.45) is 1.12. The van der Waals surface area contributed by atoms with Gasteiger partial charge < -0.3 is 24.3 Å². The summed E-state index contributed by atoms with van der Waals surface area (Å²) in [4.78, 5) is 46.7. The van der Waals surface area contributed by atoms with Crippen molar-refractivity contribution in [2.45, 2.75) is 6.17 Å². The van der Waals surface area contributed by atoms with Crippen LogP contribution in [0.2, 0.25) is 0 Å². The lowest BCUT2D eigenvalue weighted by molar-refractivity contribution is -0.138. The fourth-order valence-corrected chi connectivity index (χ4v) is 4.66. The van der Waals surface area contributed by atoms with E-state index in [4.69, 9.17) is 4.74 Å². The Morgan fingerprint density at radius 3 is 2.47 bits per heavy atom. The number of ether oxygens (including phenoxy) is 1. The molecule has 4 amide bonds. The van der Waals surface area contributed by atoms with E-state index < -0.39 is 18.1 Å². The van der Waals surface area contributed by atoms with E-state index in [1.807, 2.05) is 4.90 Å². The van der Waals surface area contributed by atoms with Crippen molar-refractivity contribution in [1.29, 1.82) is 0 Å². The maximum atomic E-state index is 14.1. The molecule has 2 unspecified atom stereocenters. The van der Waals surface area contributed by atoms with Crippen LogP contribution in [0.4, 0.5) is 14.9 Å². The van der Waals surface area contributed by atoms with Crippen molar-refractivity contribution in [3.05, 3.63) is 41.9 Å². The van der Waals surface area contributed by atoms with Crippen LogP contribution in [0.1, 0.15) is 0 Å². The second kappa shape index (κ2) is 8.78. The van der Waals surface area contributed by atoms with Crippen LogP contribution in [0.5, 0.6) is 0 Å². The molecule has 3 aliphatic rings. The summed E-state index contributed by atoms with van der Waals surface area (Å²) in [5.74, 6) is -1.41. The Labute approximate surface area is 186 Å². The minimum absolute atomic E-state index is 0.194. The van der Waals surface area contributed by atoms with Crippen molar-refractivity contribution in [3.8, 4) is 0 Å². The number of amides is 4. The summed E-state index contributed by atoms with van der Waals surface area (Å²) in [5, 5.41) is 0. The summed E-state index contributed by atoms with van der Waals surface area (Å²) in [7, 11) is 4.65.